The second kappa shape index (κ2) is 5.70. The van der Waals surface area contributed by atoms with E-state index in [1.807, 2.05) is 37.2 Å². The first kappa shape index (κ1) is 14.6. The molecule has 6 heteroatoms. The third-order valence-electron chi connectivity index (χ3n) is 2.98. The largest absolute Gasteiger partial charge is 0.297 e. The maximum absolute atomic E-state index is 11.1. The summed E-state index contributed by atoms with van der Waals surface area (Å²) in [5.41, 5.74) is 1.78. The van der Waals surface area contributed by atoms with E-state index in [0.29, 0.717) is 0 Å². The van der Waals surface area contributed by atoms with Crippen LogP contribution in [0.25, 0.3) is 0 Å². The Morgan fingerprint density at radius 3 is 2.20 bits per heavy atom. The van der Waals surface area contributed by atoms with Gasteiger partial charge in [-0.15, -0.1) is 0 Å². The van der Waals surface area contributed by atoms with E-state index in [1.165, 1.54) is 12.1 Å². The van der Waals surface area contributed by atoms with Crippen molar-refractivity contribution in [3.8, 4) is 0 Å². The van der Waals surface area contributed by atoms with Gasteiger partial charge in [-0.25, -0.2) is 0 Å². The number of aromatic nitrogens is 1. The highest BCUT2D eigenvalue weighted by Crippen LogP contribution is 2.25. The highest BCUT2D eigenvalue weighted by molar-refractivity contribution is 7.85. The molecule has 0 saturated heterocycles. The van der Waals surface area contributed by atoms with Crippen LogP contribution in [0.15, 0.2) is 53.6 Å². The molecule has 0 saturated carbocycles. The first-order valence-electron chi connectivity index (χ1n) is 6.04. The van der Waals surface area contributed by atoms with E-state index in [2.05, 4.69) is 4.98 Å². The second-order valence-electron chi connectivity index (χ2n) is 4.66. The van der Waals surface area contributed by atoms with Crippen LogP contribution in [-0.2, 0) is 10.1 Å². The smallest absolute Gasteiger partial charge is 0.294 e. The molecule has 1 atom stereocenters. The summed E-state index contributed by atoms with van der Waals surface area (Å²) in [7, 11) is -0.306. The Balaban J connectivity index is 2.41. The third kappa shape index (κ3) is 3.22. The molecule has 2 rings (SSSR count). The van der Waals surface area contributed by atoms with Gasteiger partial charge in [-0.05, 0) is 43.9 Å². The SMILES string of the molecule is CN(C)C(c1ccc(S(=O)(=O)O)cc1)c1ccccn1. The lowest BCUT2D eigenvalue weighted by Gasteiger charge is -2.24. The molecule has 1 heterocycles. The Labute approximate surface area is 118 Å². The van der Waals surface area contributed by atoms with Gasteiger partial charge < -0.3 is 0 Å². The van der Waals surface area contributed by atoms with Gasteiger partial charge in [0.15, 0.2) is 0 Å². The Bertz CT molecular complexity index is 667. The average Bonchev–Trinajstić information content (AvgIpc) is 2.39. The quantitative estimate of drug-likeness (QED) is 0.873. The molecule has 0 aliphatic rings. The molecule has 1 unspecified atom stereocenters. The normalized spacial score (nSPS) is 13.4. The van der Waals surface area contributed by atoms with E-state index >= 15 is 0 Å². The van der Waals surface area contributed by atoms with Crippen LogP contribution in [0, 0.1) is 0 Å². The van der Waals surface area contributed by atoms with E-state index in [-0.39, 0.29) is 10.9 Å². The van der Waals surface area contributed by atoms with Gasteiger partial charge in [0.2, 0.25) is 0 Å². The molecule has 0 amide bonds. The molecular weight excluding hydrogens is 276 g/mol. The standard InChI is InChI=1S/C14H16N2O3S/c1-16(2)14(13-5-3-4-10-15-13)11-6-8-12(9-7-11)20(17,18)19/h3-10,14H,1-2H3,(H,17,18,19). The van der Waals surface area contributed by atoms with Crippen molar-refractivity contribution in [3.05, 3.63) is 59.9 Å². The predicted molar refractivity (Wildman–Crippen MR) is 76.0 cm³/mol. The summed E-state index contributed by atoms with van der Waals surface area (Å²) in [6.45, 7) is 0. The summed E-state index contributed by atoms with van der Waals surface area (Å²) in [6.07, 6.45) is 1.72. The van der Waals surface area contributed by atoms with Crippen molar-refractivity contribution in [2.75, 3.05) is 14.1 Å². The molecule has 0 aliphatic heterocycles. The zero-order chi connectivity index (χ0) is 14.8. The summed E-state index contributed by atoms with van der Waals surface area (Å²) in [5.74, 6) is 0. The fourth-order valence-corrected chi connectivity index (χ4v) is 2.57. The number of benzene rings is 1. The Kier molecular flexibility index (Phi) is 4.17. The molecule has 106 valence electrons. The van der Waals surface area contributed by atoms with Crippen LogP contribution < -0.4 is 0 Å². The molecule has 5 nitrogen and oxygen atoms in total. The maximum Gasteiger partial charge on any atom is 0.294 e. The first-order valence-corrected chi connectivity index (χ1v) is 7.48. The minimum atomic E-state index is -4.16. The van der Waals surface area contributed by atoms with Crippen molar-refractivity contribution in [2.24, 2.45) is 0 Å². The van der Waals surface area contributed by atoms with E-state index in [9.17, 15) is 8.42 Å². The van der Waals surface area contributed by atoms with Gasteiger partial charge in [-0.3, -0.25) is 14.4 Å². The number of hydrogen-bond acceptors (Lipinski definition) is 4. The topological polar surface area (TPSA) is 70.5 Å². The number of rotatable bonds is 4. The molecule has 1 N–H and O–H groups in total. The molecule has 0 spiro atoms. The van der Waals surface area contributed by atoms with Crippen LogP contribution in [0.2, 0.25) is 0 Å². The molecule has 0 radical (unpaired) electrons. The molecule has 1 aromatic carbocycles. The van der Waals surface area contributed by atoms with Crippen LogP contribution in [0.1, 0.15) is 17.3 Å². The Hall–Kier alpha value is -1.76. The van der Waals surface area contributed by atoms with E-state index in [4.69, 9.17) is 4.55 Å². The molecule has 1 aromatic heterocycles. The van der Waals surface area contributed by atoms with Crippen LogP contribution in [0.3, 0.4) is 0 Å². The summed E-state index contributed by atoms with van der Waals surface area (Å²) >= 11 is 0. The number of nitrogens with zero attached hydrogens (tertiary/aromatic N) is 2. The van der Waals surface area contributed by atoms with E-state index in [0.717, 1.165) is 11.3 Å². The Morgan fingerprint density at radius 1 is 1.10 bits per heavy atom. The fourth-order valence-electron chi connectivity index (χ4n) is 2.09. The molecule has 20 heavy (non-hydrogen) atoms. The minimum Gasteiger partial charge on any atom is -0.297 e. The summed E-state index contributed by atoms with van der Waals surface area (Å²) in [6, 6.07) is 11.7. The van der Waals surface area contributed by atoms with Crippen molar-refractivity contribution < 1.29 is 13.0 Å². The van der Waals surface area contributed by atoms with Gasteiger partial charge >= 0.3 is 0 Å². The van der Waals surface area contributed by atoms with Gasteiger partial charge in [0, 0.05) is 6.20 Å². The molecule has 2 aromatic rings. The van der Waals surface area contributed by atoms with Crippen LogP contribution in [-0.4, -0.2) is 36.9 Å². The first-order chi connectivity index (χ1) is 9.39. The predicted octanol–water partition coefficient (Wildman–Crippen LogP) is 1.98. The summed E-state index contributed by atoms with van der Waals surface area (Å²) < 4.78 is 31.1. The van der Waals surface area contributed by atoms with Crippen molar-refractivity contribution in [2.45, 2.75) is 10.9 Å². The maximum atomic E-state index is 11.1. The van der Waals surface area contributed by atoms with Crippen molar-refractivity contribution in [3.63, 3.8) is 0 Å². The Morgan fingerprint density at radius 2 is 1.75 bits per heavy atom. The average molecular weight is 292 g/mol. The van der Waals surface area contributed by atoms with E-state index < -0.39 is 10.1 Å². The molecule has 0 fully saturated rings. The highest BCUT2D eigenvalue weighted by Gasteiger charge is 2.18. The van der Waals surface area contributed by atoms with Crippen LogP contribution in [0.4, 0.5) is 0 Å². The van der Waals surface area contributed by atoms with Gasteiger partial charge in [0.25, 0.3) is 10.1 Å². The highest BCUT2D eigenvalue weighted by atomic mass is 32.2. The number of hydrogen-bond donors (Lipinski definition) is 1. The fraction of sp³-hybridized carbons (Fsp3) is 0.214. The second-order valence-corrected chi connectivity index (χ2v) is 6.09. The van der Waals surface area contributed by atoms with Gasteiger partial charge in [-0.1, -0.05) is 18.2 Å². The molecule has 0 bridgehead atoms. The monoisotopic (exact) mass is 292 g/mol. The van der Waals surface area contributed by atoms with E-state index in [1.54, 1.807) is 18.3 Å². The van der Waals surface area contributed by atoms with Crippen molar-refractivity contribution in [1.82, 2.24) is 9.88 Å². The van der Waals surface area contributed by atoms with Gasteiger partial charge in [0.1, 0.15) is 0 Å². The minimum absolute atomic E-state index is 0.0772. The number of pyridine rings is 1. The van der Waals surface area contributed by atoms with Gasteiger partial charge in [-0.2, -0.15) is 8.42 Å². The van der Waals surface area contributed by atoms with Crippen molar-refractivity contribution >= 4 is 10.1 Å². The lowest BCUT2D eigenvalue weighted by atomic mass is 10.0. The third-order valence-corrected chi connectivity index (χ3v) is 3.85. The zero-order valence-electron chi connectivity index (χ0n) is 11.3. The lowest BCUT2D eigenvalue weighted by Crippen LogP contribution is -2.22. The van der Waals surface area contributed by atoms with Gasteiger partial charge in [0.05, 0.1) is 16.6 Å². The van der Waals surface area contributed by atoms with Crippen LogP contribution >= 0.6 is 0 Å². The zero-order valence-corrected chi connectivity index (χ0v) is 12.1. The van der Waals surface area contributed by atoms with Crippen molar-refractivity contribution in [1.29, 1.82) is 0 Å². The van der Waals surface area contributed by atoms with Crippen LogP contribution in [0.5, 0.6) is 0 Å². The summed E-state index contributed by atoms with van der Waals surface area (Å²) in [5, 5.41) is 0. The lowest BCUT2D eigenvalue weighted by molar-refractivity contribution is 0.336. The summed E-state index contributed by atoms with van der Waals surface area (Å²) in [4.78, 5) is 6.22. The molecule has 0 aliphatic carbocycles. The molecular formula is C14H16N2O3S.